The van der Waals surface area contributed by atoms with Crippen LogP contribution in [0.3, 0.4) is 0 Å². The maximum absolute atomic E-state index is 12.9. The van der Waals surface area contributed by atoms with Crippen molar-refractivity contribution in [2.45, 2.75) is 25.4 Å². The third-order valence-electron chi connectivity index (χ3n) is 4.57. The number of methoxy groups -OCH3 is 1. The number of hydrogen-bond acceptors (Lipinski definition) is 4. The fourth-order valence-corrected chi connectivity index (χ4v) is 3.28. The fourth-order valence-electron chi connectivity index (χ4n) is 2.90. The third kappa shape index (κ3) is 7.69. The first-order valence-corrected chi connectivity index (χ1v) is 10.6. The highest BCUT2D eigenvalue weighted by Gasteiger charge is 2.24. The molecular weight excluding hydrogens is 458 g/mol. The maximum Gasteiger partial charge on any atom is 0.257 e. The van der Waals surface area contributed by atoms with Gasteiger partial charge in [-0.05, 0) is 42.7 Å². The van der Waals surface area contributed by atoms with Gasteiger partial charge in [-0.1, -0.05) is 41.4 Å². The van der Waals surface area contributed by atoms with Gasteiger partial charge in [-0.25, -0.2) is 4.39 Å². The van der Waals surface area contributed by atoms with Crippen LogP contribution >= 0.6 is 23.2 Å². The highest BCUT2D eigenvalue weighted by atomic mass is 35.5. The summed E-state index contributed by atoms with van der Waals surface area (Å²) in [5, 5.41) is 16.2. The lowest BCUT2D eigenvalue weighted by Crippen LogP contribution is -2.47. The fraction of sp³-hybridized carbons (Fsp3) is 0.318. The molecule has 10 heteroatoms. The van der Waals surface area contributed by atoms with E-state index in [4.69, 9.17) is 33.3 Å². The number of halogens is 3. The molecule has 0 spiro atoms. The monoisotopic (exact) mass is 482 g/mol. The van der Waals surface area contributed by atoms with Crippen molar-refractivity contribution >= 4 is 40.9 Å². The Hall–Kier alpha value is -2.84. The zero-order chi connectivity index (χ0) is 23.5. The topological polar surface area (TPSA) is 103 Å². The van der Waals surface area contributed by atoms with Gasteiger partial charge >= 0.3 is 0 Å². The number of rotatable bonds is 11. The Morgan fingerprint density at radius 2 is 1.84 bits per heavy atom. The van der Waals surface area contributed by atoms with Crippen molar-refractivity contribution in [1.82, 2.24) is 16.0 Å². The second kappa shape index (κ2) is 12.9. The quantitative estimate of drug-likeness (QED) is 0.222. The Balaban J connectivity index is 2.08. The van der Waals surface area contributed by atoms with Crippen LogP contribution in [0, 0.1) is 5.41 Å². The van der Waals surface area contributed by atoms with Crippen molar-refractivity contribution in [2.75, 3.05) is 20.3 Å². The first-order valence-electron chi connectivity index (χ1n) is 9.88. The van der Waals surface area contributed by atoms with E-state index in [2.05, 4.69) is 16.0 Å². The molecule has 2 aromatic carbocycles. The number of benzene rings is 2. The summed E-state index contributed by atoms with van der Waals surface area (Å²) < 4.78 is 17.6. The molecule has 0 bridgehead atoms. The second-order valence-corrected chi connectivity index (χ2v) is 7.71. The van der Waals surface area contributed by atoms with Crippen molar-refractivity contribution in [1.29, 1.82) is 5.41 Å². The number of ether oxygens (including phenoxy) is 1. The average molecular weight is 483 g/mol. The van der Waals surface area contributed by atoms with Crippen molar-refractivity contribution in [2.24, 2.45) is 0 Å². The van der Waals surface area contributed by atoms with Crippen molar-refractivity contribution < 1.29 is 18.7 Å². The summed E-state index contributed by atoms with van der Waals surface area (Å²) >= 11 is 12.1. The zero-order valence-electron chi connectivity index (χ0n) is 17.5. The number of carbonyl (C=O) groups excluding carboxylic acids is 2. The van der Waals surface area contributed by atoms with Gasteiger partial charge in [0, 0.05) is 18.1 Å². The van der Waals surface area contributed by atoms with Gasteiger partial charge in [0.2, 0.25) is 5.91 Å². The van der Waals surface area contributed by atoms with Crippen LogP contribution in [0.4, 0.5) is 4.39 Å². The number of amidine groups is 1. The minimum Gasteiger partial charge on any atom is -0.496 e. The molecule has 0 aliphatic carbocycles. The van der Waals surface area contributed by atoms with Crippen LogP contribution in [-0.2, 0) is 11.3 Å². The lowest BCUT2D eigenvalue weighted by Gasteiger charge is -2.20. The van der Waals surface area contributed by atoms with Crippen LogP contribution in [0.2, 0.25) is 10.0 Å². The van der Waals surface area contributed by atoms with Crippen LogP contribution in [-0.4, -0.2) is 44.0 Å². The summed E-state index contributed by atoms with van der Waals surface area (Å²) in [4.78, 5) is 25.7. The molecule has 0 unspecified atom stereocenters. The molecular formula is C22H25Cl2FN4O3. The molecule has 2 aromatic rings. The predicted molar refractivity (Wildman–Crippen MR) is 123 cm³/mol. The summed E-state index contributed by atoms with van der Waals surface area (Å²) in [5.74, 6) is -0.893. The third-order valence-corrected chi connectivity index (χ3v) is 5.13. The molecule has 2 rings (SSSR count). The standard InChI is InChI=1S/C22H25Cl2FN4O3/c1-32-18-6-2-4-16(24)20(18)22(31)29-17(5-3-11-27-19(26)12-25)21(30)28-13-14-7-9-15(23)10-8-14/h2,4,6-10,17H,3,5,11-13H2,1H3,(H2,26,27)(H,28,30)(H,29,31)/t17-/m0/s1. The number of alkyl halides is 1. The molecule has 172 valence electrons. The first kappa shape index (κ1) is 25.4. The summed E-state index contributed by atoms with van der Waals surface area (Å²) in [6, 6.07) is 10.9. The van der Waals surface area contributed by atoms with Crippen LogP contribution < -0.4 is 20.7 Å². The van der Waals surface area contributed by atoms with Crippen molar-refractivity contribution in [3.63, 3.8) is 0 Å². The van der Waals surface area contributed by atoms with Gasteiger partial charge in [0.15, 0.2) is 0 Å². The molecule has 2 amide bonds. The largest absolute Gasteiger partial charge is 0.496 e. The molecule has 0 saturated carbocycles. The Labute approximate surface area is 196 Å². The molecule has 0 radical (unpaired) electrons. The van der Waals surface area contributed by atoms with Gasteiger partial charge in [-0.3, -0.25) is 15.0 Å². The van der Waals surface area contributed by atoms with E-state index < -0.39 is 18.6 Å². The molecule has 4 N–H and O–H groups in total. The number of nitrogens with one attached hydrogen (secondary N) is 4. The lowest BCUT2D eigenvalue weighted by atomic mass is 10.1. The van der Waals surface area contributed by atoms with Gasteiger partial charge < -0.3 is 20.7 Å². The van der Waals surface area contributed by atoms with Crippen LogP contribution in [0.25, 0.3) is 0 Å². The minimum atomic E-state index is -0.895. The lowest BCUT2D eigenvalue weighted by molar-refractivity contribution is -0.123. The van der Waals surface area contributed by atoms with E-state index in [9.17, 15) is 14.0 Å². The molecule has 0 aliphatic heterocycles. The van der Waals surface area contributed by atoms with Crippen LogP contribution in [0.15, 0.2) is 42.5 Å². The van der Waals surface area contributed by atoms with Crippen LogP contribution in [0.5, 0.6) is 5.75 Å². The number of amides is 2. The minimum absolute atomic E-state index is 0.129. The van der Waals surface area contributed by atoms with E-state index in [1.165, 1.54) is 7.11 Å². The van der Waals surface area contributed by atoms with Gasteiger partial charge in [0.1, 0.15) is 24.3 Å². The molecule has 0 aromatic heterocycles. The molecule has 0 aliphatic rings. The normalized spacial score (nSPS) is 11.4. The SMILES string of the molecule is COc1cccc(Cl)c1C(=O)N[C@@H](CCCNC(=N)CF)C(=O)NCc1ccc(Cl)cc1. The van der Waals surface area contributed by atoms with E-state index in [1.54, 1.807) is 42.5 Å². The molecule has 0 fully saturated rings. The second-order valence-electron chi connectivity index (χ2n) is 6.87. The molecule has 32 heavy (non-hydrogen) atoms. The smallest absolute Gasteiger partial charge is 0.257 e. The van der Waals surface area contributed by atoms with E-state index >= 15 is 0 Å². The molecule has 1 atom stereocenters. The summed E-state index contributed by atoms with van der Waals surface area (Å²) in [7, 11) is 1.42. The average Bonchev–Trinajstić information content (AvgIpc) is 2.79. The van der Waals surface area contributed by atoms with Gasteiger partial charge in [-0.15, -0.1) is 0 Å². The van der Waals surface area contributed by atoms with Gasteiger partial charge in [0.25, 0.3) is 5.91 Å². The van der Waals surface area contributed by atoms with E-state index in [0.717, 1.165) is 5.56 Å². The predicted octanol–water partition coefficient (Wildman–Crippen LogP) is 3.73. The van der Waals surface area contributed by atoms with Gasteiger partial charge in [0.05, 0.1) is 17.7 Å². The van der Waals surface area contributed by atoms with Crippen LogP contribution in [0.1, 0.15) is 28.8 Å². The summed E-state index contributed by atoms with van der Waals surface area (Å²) in [5.41, 5.74) is 0.975. The Bertz CT molecular complexity index is 941. The van der Waals surface area contributed by atoms with E-state index in [0.29, 0.717) is 11.4 Å². The maximum atomic E-state index is 12.9. The highest BCUT2D eigenvalue weighted by molar-refractivity contribution is 6.34. The first-order chi connectivity index (χ1) is 15.3. The summed E-state index contributed by atoms with van der Waals surface area (Å²) in [6.07, 6.45) is 0.679. The Morgan fingerprint density at radius 3 is 2.50 bits per heavy atom. The van der Waals surface area contributed by atoms with E-state index in [-0.39, 0.29) is 47.6 Å². The van der Waals surface area contributed by atoms with Crippen molar-refractivity contribution in [3.8, 4) is 5.75 Å². The van der Waals surface area contributed by atoms with Gasteiger partial charge in [-0.2, -0.15) is 0 Å². The van der Waals surface area contributed by atoms with Crippen molar-refractivity contribution in [3.05, 3.63) is 63.6 Å². The number of carbonyl (C=O) groups is 2. The Morgan fingerprint density at radius 1 is 1.12 bits per heavy atom. The summed E-state index contributed by atoms with van der Waals surface area (Å²) in [6.45, 7) is -0.356. The number of hydrogen-bond donors (Lipinski definition) is 4. The molecule has 7 nitrogen and oxygen atoms in total. The zero-order valence-corrected chi connectivity index (χ0v) is 19.0. The molecule has 0 heterocycles. The highest BCUT2D eigenvalue weighted by Crippen LogP contribution is 2.26. The molecule has 0 saturated heterocycles. The Kier molecular flexibility index (Phi) is 10.2. The van der Waals surface area contributed by atoms with E-state index in [1.807, 2.05) is 0 Å².